The van der Waals surface area contributed by atoms with Crippen molar-refractivity contribution < 1.29 is 9.53 Å². The monoisotopic (exact) mass is 348 g/mol. The number of amides is 1. The maximum atomic E-state index is 13.0. The van der Waals surface area contributed by atoms with Gasteiger partial charge in [-0.2, -0.15) is 10.1 Å². The molecule has 134 valence electrons. The number of rotatable bonds is 4. The number of nitrogens with zero attached hydrogens (tertiary/aromatic N) is 2. The Balaban J connectivity index is 1.96. The normalized spacial score (nSPS) is 15.8. The number of benzene rings is 2. The van der Waals surface area contributed by atoms with Crippen LogP contribution < -0.4 is 9.75 Å². The third kappa shape index (κ3) is 3.54. The van der Waals surface area contributed by atoms with E-state index in [1.165, 1.54) is 10.6 Å². The molecule has 0 spiro atoms. The second-order valence-corrected chi connectivity index (χ2v) is 6.83. The van der Waals surface area contributed by atoms with Crippen LogP contribution in [0.1, 0.15) is 37.5 Å². The summed E-state index contributed by atoms with van der Waals surface area (Å²) >= 11 is 0. The number of hydrazone groups is 1. The molecule has 0 bridgehead atoms. The molecule has 0 atom stereocenters. The topological polar surface area (TPSA) is 41.9 Å². The van der Waals surface area contributed by atoms with Gasteiger partial charge in [-0.1, -0.05) is 24.3 Å². The molecule has 0 saturated heterocycles. The summed E-state index contributed by atoms with van der Waals surface area (Å²) < 4.78 is 5.86. The molecule has 1 amide bonds. The summed E-state index contributed by atoms with van der Waals surface area (Å²) in [6.45, 7) is 9.91. The summed E-state index contributed by atoms with van der Waals surface area (Å²) in [7, 11) is 0. The van der Waals surface area contributed by atoms with E-state index in [0.29, 0.717) is 11.3 Å². The number of anilines is 1. The molecule has 0 N–H and O–H groups in total. The van der Waals surface area contributed by atoms with Crippen LogP contribution in [0.2, 0.25) is 0 Å². The van der Waals surface area contributed by atoms with Crippen LogP contribution in [0.5, 0.6) is 5.75 Å². The molecule has 0 radical (unpaired) electrons. The summed E-state index contributed by atoms with van der Waals surface area (Å²) in [6, 6.07) is 13.7. The van der Waals surface area contributed by atoms with Crippen LogP contribution in [0.15, 0.2) is 53.1 Å². The SMILES string of the molecule is CC1=NN(c2ccc(C)c(C)c2)C(=O)/C1=C\c1ccccc1OC(C)C. The van der Waals surface area contributed by atoms with Crippen LogP contribution in [0.4, 0.5) is 5.69 Å². The molecule has 0 aromatic heterocycles. The van der Waals surface area contributed by atoms with Crippen molar-refractivity contribution in [3.63, 3.8) is 0 Å². The van der Waals surface area contributed by atoms with Gasteiger partial charge in [0.1, 0.15) is 5.75 Å². The van der Waals surface area contributed by atoms with Crippen molar-refractivity contribution in [2.24, 2.45) is 5.10 Å². The molecule has 2 aromatic rings. The van der Waals surface area contributed by atoms with Gasteiger partial charge in [-0.05, 0) is 70.0 Å². The molecule has 26 heavy (non-hydrogen) atoms. The predicted molar refractivity (Wildman–Crippen MR) is 107 cm³/mol. The van der Waals surface area contributed by atoms with Crippen molar-refractivity contribution in [2.45, 2.75) is 40.7 Å². The number of aryl methyl sites for hydroxylation is 2. The van der Waals surface area contributed by atoms with E-state index in [2.05, 4.69) is 12.0 Å². The summed E-state index contributed by atoms with van der Waals surface area (Å²) in [5.74, 6) is 0.644. The fourth-order valence-electron chi connectivity index (χ4n) is 2.83. The highest BCUT2D eigenvalue weighted by atomic mass is 16.5. The molecule has 4 nitrogen and oxygen atoms in total. The van der Waals surface area contributed by atoms with Crippen molar-refractivity contribution >= 4 is 23.4 Å². The van der Waals surface area contributed by atoms with E-state index in [1.54, 1.807) is 0 Å². The fourth-order valence-corrected chi connectivity index (χ4v) is 2.83. The number of carbonyl (C=O) groups is 1. The van der Waals surface area contributed by atoms with Crippen molar-refractivity contribution in [3.05, 3.63) is 64.7 Å². The van der Waals surface area contributed by atoms with Crippen LogP contribution in [0, 0.1) is 13.8 Å². The highest BCUT2D eigenvalue weighted by Crippen LogP contribution is 2.29. The number of hydrogen-bond acceptors (Lipinski definition) is 3. The Hall–Kier alpha value is -2.88. The lowest BCUT2D eigenvalue weighted by Gasteiger charge is -2.14. The maximum absolute atomic E-state index is 13.0. The molecule has 1 aliphatic heterocycles. The molecule has 0 unspecified atom stereocenters. The van der Waals surface area contributed by atoms with Crippen molar-refractivity contribution in [3.8, 4) is 5.75 Å². The molecule has 1 aliphatic rings. The lowest BCUT2D eigenvalue weighted by atomic mass is 10.1. The molecule has 3 rings (SSSR count). The Morgan fingerprint density at radius 2 is 1.77 bits per heavy atom. The largest absolute Gasteiger partial charge is 0.490 e. The summed E-state index contributed by atoms with van der Waals surface area (Å²) in [5.41, 5.74) is 5.28. The van der Waals surface area contributed by atoms with Gasteiger partial charge >= 0.3 is 0 Å². The molecular weight excluding hydrogens is 324 g/mol. The second-order valence-electron chi connectivity index (χ2n) is 6.83. The van der Waals surface area contributed by atoms with Gasteiger partial charge in [-0.15, -0.1) is 0 Å². The molecule has 0 saturated carbocycles. The number of para-hydroxylation sites is 1. The van der Waals surface area contributed by atoms with Crippen LogP contribution in [0.25, 0.3) is 6.08 Å². The maximum Gasteiger partial charge on any atom is 0.280 e. The Labute approximate surface area is 154 Å². The fraction of sp³-hybridized carbons (Fsp3) is 0.273. The van der Waals surface area contributed by atoms with Crippen molar-refractivity contribution in [1.82, 2.24) is 0 Å². The molecule has 0 aliphatic carbocycles. The third-order valence-corrected chi connectivity index (χ3v) is 4.38. The van der Waals surface area contributed by atoms with Gasteiger partial charge in [0, 0.05) is 5.56 Å². The Kier molecular flexibility index (Phi) is 4.94. The van der Waals surface area contributed by atoms with Gasteiger partial charge in [0.2, 0.25) is 0 Å². The van der Waals surface area contributed by atoms with Crippen molar-refractivity contribution in [2.75, 3.05) is 5.01 Å². The first-order valence-electron chi connectivity index (χ1n) is 8.81. The van der Waals surface area contributed by atoms with E-state index in [1.807, 2.05) is 76.2 Å². The lowest BCUT2D eigenvalue weighted by molar-refractivity contribution is -0.114. The van der Waals surface area contributed by atoms with Crippen LogP contribution in [-0.4, -0.2) is 17.7 Å². The zero-order valence-electron chi connectivity index (χ0n) is 15.9. The first-order chi connectivity index (χ1) is 12.4. The van der Waals surface area contributed by atoms with E-state index in [0.717, 1.165) is 22.6 Å². The average molecular weight is 348 g/mol. The highest BCUT2D eigenvalue weighted by Gasteiger charge is 2.29. The van der Waals surface area contributed by atoms with Crippen molar-refractivity contribution in [1.29, 1.82) is 0 Å². The Morgan fingerprint density at radius 3 is 2.46 bits per heavy atom. The zero-order valence-corrected chi connectivity index (χ0v) is 15.9. The third-order valence-electron chi connectivity index (χ3n) is 4.38. The minimum atomic E-state index is -0.120. The average Bonchev–Trinajstić information content (AvgIpc) is 2.87. The molecular formula is C22H24N2O2. The minimum absolute atomic E-state index is 0.0654. The van der Waals surface area contributed by atoms with Gasteiger partial charge in [0.05, 0.1) is 23.1 Å². The zero-order chi connectivity index (χ0) is 18.8. The lowest BCUT2D eigenvalue weighted by Crippen LogP contribution is -2.21. The quantitative estimate of drug-likeness (QED) is 0.738. The summed E-state index contributed by atoms with van der Waals surface area (Å²) in [4.78, 5) is 13.0. The standard InChI is InChI=1S/C22H24N2O2/c1-14(2)26-21-9-7-6-8-18(21)13-20-17(5)23-24(22(20)25)19-11-10-15(3)16(4)12-19/h6-14H,1-5H3/b20-13-. The number of carbonyl (C=O) groups excluding carboxylic acids is 1. The van der Waals surface area contributed by atoms with Crippen LogP contribution in [-0.2, 0) is 4.79 Å². The first kappa shape index (κ1) is 17.9. The minimum Gasteiger partial charge on any atom is -0.490 e. The van der Waals surface area contributed by atoms with Gasteiger partial charge in [0.15, 0.2) is 0 Å². The van der Waals surface area contributed by atoms with Gasteiger partial charge in [-0.3, -0.25) is 4.79 Å². The molecule has 4 heteroatoms. The summed E-state index contributed by atoms with van der Waals surface area (Å²) in [5, 5.41) is 5.94. The number of ether oxygens (including phenoxy) is 1. The van der Waals surface area contributed by atoms with E-state index >= 15 is 0 Å². The smallest absolute Gasteiger partial charge is 0.280 e. The first-order valence-corrected chi connectivity index (χ1v) is 8.81. The Morgan fingerprint density at radius 1 is 1.04 bits per heavy atom. The van der Waals surface area contributed by atoms with Gasteiger partial charge in [-0.25, -0.2) is 0 Å². The molecule has 1 heterocycles. The molecule has 0 fully saturated rings. The van der Waals surface area contributed by atoms with Crippen LogP contribution >= 0.6 is 0 Å². The van der Waals surface area contributed by atoms with E-state index < -0.39 is 0 Å². The Bertz CT molecular complexity index is 910. The van der Waals surface area contributed by atoms with Crippen LogP contribution in [0.3, 0.4) is 0 Å². The predicted octanol–water partition coefficient (Wildman–Crippen LogP) is 4.90. The molecule has 2 aromatic carbocycles. The van der Waals surface area contributed by atoms with E-state index in [9.17, 15) is 4.79 Å². The summed E-state index contributed by atoms with van der Waals surface area (Å²) in [6.07, 6.45) is 1.93. The second kappa shape index (κ2) is 7.16. The van der Waals surface area contributed by atoms with E-state index in [-0.39, 0.29) is 12.0 Å². The van der Waals surface area contributed by atoms with E-state index in [4.69, 9.17) is 4.74 Å². The van der Waals surface area contributed by atoms with Gasteiger partial charge < -0.3 is 4.74 Å². The highest BCUT2D eigenvalue weighted by molar-refractivity contribution is 6.32. The number of hydrogen-bond donors (Lipinski definition) is 0. The van der Waals surface area contributed by atoms with Gasteiger partial charge in [0.25, 0.3) is 5.91 Å².